The smallest absolute Gasteiger partial charge is 0.348 e. The number of hydrogen-bond donors (Lipinski definition) is 1. The molecule has 0 aliphatic rings. The summed E-state index contributed by atoms with van der Waals surface area (Å²) < 4.78 is 40.3. The summed E-state index contributed by atoms with van der Waals surface area (Å²) in [5.74, 6) is -0.740. The zero-order valence-electron chi connectivity index (χ0n) is 11.3. The van der Waals surface area contributed by atoms with Crippen LogP contribution in [0.25, 0.3) is 0 Å². The van der Waals surface area contributed by atoms with E-state index in [0.717, 1.165) is 6.07 Å². The average Bonchev–Trinajstić information content (AvgIpc) is 2.90. The van der Waals surface area contributed by atoms with Gasteiger partial charge in [-0.25, -0.2) is 4.98 Å². The van der Waals surface area contributed by atoms with Gasteiger partial charge < -0.3 is 9.88 Å². The molecule has 0 saturated heterocycles. The molecular weight excluding hydrogens is 283 g/mol. The first-order valence-corrected chi connectivity index (χ1v) is 6.31. The average molecular weight is 297 g/mol. The van der Waals surface area contributed by atoms with Gasteiger partial charge >= 0.3 is 6.18 Å². The fourth-order valence-corrected chi connectivity index (χ4v) is 1.99. The molecule has 0 bridgehead atoms. The molecule has 2 aromatic rings. The van der Waals surface area contributed by atoms with Crippen LogP contribution in [0.15, 0.2) is 43.0 Å². The zero-order valence-corrected chi connectivity index (χ0v) is 11.3. The number of rotatable bonds is 4. The Balaban J connectivity index is 2.10. The number of alkyl halides is 3. The summed E-state index contributed by atoms with van der Waals surface area (Å²) in [6, 6.07) is 4.41. The van der Waals surface area contributed by atoms with Gasteiger partial charge in [-0.15, -0.1) is 0 Å². The Bertz CT molecular complexity index is 608. The van der Waals surface area contributed by atoms with Crippen LogP contribution in [0.2, 0.25) is 0 Å². The van der Waals surface area contributed by atoms with Crippen molar-refractivity contribution < 1.29 is 18.0 Å². The number of aromatic nitrogens is 2. The van der Waals surface area contributed by atoms with E-state index in [2.05, 4.69) is 10.3 Å². The molecule has 1 heterocycles. The molecule has 112 valence electrons. The van der Waals surface area contributed by atoms with E-state index in [9.17, 15) is 18.0 Å². The van der Waals surface area contributed by atoms with Crippen molar-refractivity contribution in [1.82, 2.24) is 14.9 Å². The molecule has 2 rings (SSSR count). The molecule has 0 aliphatic heterocycles. The van der Waals surface area contributed by atoms with E-state index in [0.29, 0.717) is 6.54 Å². The van der Waals surface area contributed by atoms with Crippen LogP contribution in [0.1, 0.15) is 22.8 Å². The number of benzene rings is 1. The van der Waals surface area contributed by atoms with Crippen LogP contribution in [0.3, 0.4) is 0 Å². The van der Waals surface area contributed by atoms with Gasteiger partial charge in [-0.3, -0.25) is 4.79 Å². The van der Waals surface area contributed by atoms with Gasteiger partial charge in [0.25, 0.3) is 5.91 Å². The van der Waals surface area contributed by atoms with Crippen molar-refractivity contribution in [3.8, 4) is 0 Å². The Labute approximate surface area is 119 Å². The van der Waals surface area contributed by atoms with E-state index in [1.807, 2.05) is 0 Å². The third-order valence-electron chi connectivity index (χ3n) is 2.90. The summed E-state index contributed by atoms with van der Waals surface area (Å²) in [7, 11) is 0. The Kier molecular flexibility index (Phi) is 4.30. The first kappa shape index (κ1) is 15.1. The lowest BCUT2D eigenvalue weighted by molar-refractivity contribution is -0.137. The second kappa shape index (κ2) is 5.99. The Morgan fingerprint density at radius 2 is 2.10 bits per heavy atom. The molecule has 0 radical (unpaired) electrons. The summed E-state index contributed by atoms with van der Waals surface area (Å²) in [4.78, 5) is 15.9. The highest BCUT2D eigenvalue weighted by Gasteiger charge is 2.34. The molecule has 1 N–H and O–H groups in total. The summed E-state index contributed by atoms with van der Waals surface area (Å²) in [6.07, 6.45) is 0.327. The van der Waals surface area contributed by atoms with Gasteiger partial charge in [0.2, 0.25) is 0 Å². The molecule has 1 amide bonds. The van der Waals surface area contributed by atoms with E-state index >= 15 is 0 Å². The standard InChI is InChI=1S/C14H14F3N3O/c1-10(8-20-7-6-18-9-20)19-13(21)11-4-2-3-5-12(11)14(15,16)17/h2-7,9-10H,8H2,1H3,(H,19,21)/t10-/m0/s1. The predicted octanol–water partition coefficient (Wildman–Crippen LogP) is 2.72. The number of carbonyl (C=O) groups excluding carboxylic acids is 1. The van der Waals surface area contributed by atoms with E-state index in [4.69, 9.17) is 0 Å². The van der Waals surface area contributed by atoms with Crippen molar-refractivity contribution in [1.29, 1.82) is 0 Å². The minimum absolute atomic E-state index is 0.326. The molecule has 1 aromatic heterocycles. The number of nitrogens with one attached hydrogen (secondary N) is 1. The SMILES string of the molecule is C[C@@H](Cn1ccnc1)NC(=O)c1ccccc1C(F)(F)F. The summed E-state index contributed by atoms with van der Waals surface area (Å²) in [5, 5.41) is 2.56. The maximum Gasteiger partial charge on any atom is 0.417 e. The Morgan fingerprint density at radius 1 is 1.38 bits per heavy atom. The number of amides is 1. The highest BCUT2D eigenvalue weighted by Crippen LogP contribution is 2.31. The van der Waals surface area contributed by atoms with Crippen LogP contribution in [0, 0.1) is 0 Å². The van der Waals surface area contributed by atoms with Crippen LogP contribution in [0.4, 0.5) is 13.2 Å². The number of hydrogen-bond acceptors (Lipinski definition) is 2. The van der Waals surface area contributed by atoms with Crippen molar-refractivity contribution in [2.24, 2.45) is 0 Å². The first-order valence-electron chi connectivity index (χ1n) is 6.31. The van der Waals surface area contributed by atoms with Gasteiger partial charge in [0.15, 0.2) is 0 Å². The van der Waals surface area contributed by atoms with Crippen LogP contribution in [-0.2, 0) is 12.7 Å². The van der Waals surface area contributed by atoms with Crippen molar-refractivity contribution in [3.63, 3.8) is 0 Å². The lowest BCUT2D eigenvalue weighted by atomic mass is 10.1. The third kappa shape index (κ3) is 3.84. The molecular formula is C14H14F3N3O. The fraction of sp³-hybridized carbons (Fsp3) is 0.286. The minimum Gasteiger partial charge on any atom is -0.348 e. The molecule has 0 fully saturated rings. The monoisotopic (exact) mass is 297 g/mol. The maximum absolute atomic E-state index is 12.9. The quantitative estimate of drug-likeness (QED) is 0.943. The summed E-state index contributed by atoms with van der Waals surface area (Å²) in [5.41, 5.74) is -1.31. The molecule has 0 unspecified atom stereocenters. The minimum atomic E-state index is -4.55. The summed E-state index contributed by atoms with van der Waals surface area (Å²) >= 11 is 0. The Morgan fingerprint density at radius 3 is 2.71 bits per heavy atom. The molecule has 7 heteroatoms. The second-order valence-electron chi connectivity index (χ2n) is 4.68. The normalized spacial score (nSPS) is 13.0. The van der Waals surface area contributed by atoms with Crippen LogP contribution in [-0.4, -0.2) is 21.5 Å². The lowest BCUT2D eigenvalue weighted by Gasteiger charge is -2.17. The van der Waals surface area contributed by atoms with Gasteiger partial charge in [-0.2, -0.15) is 13.2 Å². The van der Waals surface area contributed by atoms with Crippen molar-refractivity contribution in [2.75, 3.05) is 0 Å². The zero-order chi connectivity index (χ0) is 15.5. The molecule has 0 spiro atoms. The van der Waals surface area contributed by atoms with Crippen LogP contribution < -0.4 is 5.32 Å². The van der Waals surface area contributed by atoms with Crippen molar-refractivity contribution in [3.05, 3.63) is 54.1 Å². The lowest BCUT2D eigenvalue weighted by Crippen LogP contribution is -2.36. The topological polar surface area (TPSA) is 46.9 Å². The van der Waals surface area contributed by atoms with Crippen LogP contribution in [0.5, 0.6) is 0 Å². The van der Waals surface area contributed by atoms with Gasteiger partial charge in [-0.05, 0) is 19.1 Å². The van der Waals surface area contributed by atoms with Crippen molar-refractivity contribution in [2.45, 2.75) is 25.7 Å². The third-order valence-corrected chi connectivity index (χ3v) is 2.90. The van der Waals surface area contributed by atoms with Gasteiger partial charge in [0, 0.05) is 25.0 Å². The second-order valence-corrected chi connectivity index (χ2v) is 4.68. The van der Waals surface area contributed by atoms with E-state index in [1.54, 1.807) is 30.2 Å². The van der Waals surface area contributed by atoms with E-state index < -0.39 is 17.6 Å². The number of imidazole rings is 1. The van der Waals surface area contributed by atoms with Gasteiger partial charge in [0.05, 0.1) is 17.5 Å². The van der Waals surface area contributed by atoms with E-state index in [-0.39, 0.29) is 11.6 Å². The number of halogens is 3. The fourth-order valence-electron chi connectivity index (χ4n) is 1.99. The van der Waals surface area contributed by atoms with Gasteiger partial charge in [-0.1, -0.05) is 12.1 Å². The van der Waals surface area contributed by atoms with E-state index in [1.165, 1.54) is 18.2 Å². The number of nitrogens with zero attached hydrogens (tertiary/aromatic N) is 2. The molecule has 0 aliphatic carbocycles. The molecule has 1 aromatic carbocycles. The largest absolute Gasteiger partial charge is 0.417 e. The molecule has 21 heavy (non-hydrogen) atoms. The predicted molar refractivity (Wildman–Crippen MR) is 70.6 cm³/mol. The first-order chi connectivity index (χ1) is 9.88. The van der Waals surface area contributed by atoms with Gasteiger partial charge in [0.1, 0.15) is 0 Å². The molecule has 4 nitrogen and oxygen atoms in total. The maximum atomic E-state index is 12.9. The van der Waals surface area contributed by atoms with Crippen molar-refractivity contribution >= 4 is 5.91 Å². The molecule has 0 saturated carbocycles. The highest BCUT2D eigenvalue weighted by molar-refractivity contribution is 5.96. The van der Waals surface area contributed by atoms with Crippen LogP contribution >= 0.6 is 0 Å². The number of carbonyl (C=O) groups is 1. The molecule has 1 atom stereocenters. The summed E-state index contributed by atoms with van der Waals surface area (Å²) in [6.45, 7) is 2.15. The Hall–Kier alpha value is -2.31. The highest BCUT2D eigenvalue weighted by atomic mass is 19.4.